The van der Waals surface area contributed by atoms with Gasteiger partial charge in [-0.2, -0.15) is 0 Å². The molecule has 6 heteroatoms. The maximum atomic E-state index is 12.0. The smallest absolute Gasteiger partial charge is 0.365 e. The zero-order valence-electron chi connectivity index (χ0n) is 12.4. The molecular formula is C16H17N3O3. The molecule has 0 unspecified atom stereocenters. The molecule has 0 saturated carbocycles. The highest BCUT2D eigenvalue weighted by Gasteiger charge is 2.10. The van der Waals surface area contributed by atoms with Crippen LogP contribution in [0.15, 0.2) is 53.8 Å². The number of carbonyl (C=O) groups excluding carboxylic acids is 1. The summed E-state index contributed by atoms with van der Waals surface area (Å²) >= 11 is 0. The summed E-state index contributed by atoms with van der Waals surface area (Å²) in [4.78, 5) is 20.8. The zero-order chi connectivity index (χ0) is 15.9. The summed E-state index contributed by atoms with van der Waals surface area (Å²) in [5.74, 6) is 0.00255. The Morgan fingerprint density at radius 2 is 2.05 bits per heavy atom. The second-order valence-corrected chi connectivity index (χ2v) is 4.76. The van der Waals surface area contributed by atoms with Gasteiger partial charge in [-0.05, 0) is 44.2 Å². The van der Waals surface area contributed by atoms with Crippen LogP contribution < -0.4 is 10.5 Å². The largest absolute Gasteiger partial charge is 0.491 e. The highest BCUT2D eigenvalue weighted by Crippen LogP contribution is 2.15. The van der Waals surface area contributed by atoms with Crippen LogP contribution in [0.25, 0.3) is 0 Å². The summed E-state index contributed by atoms with van der Waals surface area (Å²) in [5, 5.41) is 3.60. The van der Waals surface area contributed by atoms with Crippen molar-refractivity contribution in [1.29, 1.82) is 0 Å². The molecule has 22 heavy (non-hydrogen) atoms. The minimum Gasteiger partial charge on any atom is -0.491 e. The lowest BCUT2D eigenvalue weighted by atomic mass is 10.2. The van der Waals surface area contributed by atoms with Gasteiger partial charge in [0, 0.05) is 6.20 Å². The van der Waals surface area contributed by atoms with E-state index >= 15 is 0 Å². The number of benzene rings is 1. The molecule has 0 spiro atoms. The third kappa shape index (κ3) is 4.31. The normalized spacial score (nSPS) is 11.3. The number of hydrogen-bond donors (Lipinski definition) is 1. The van der Waals surface area contributed by atoms with Gasteiger partial charge in [0.25, 0.3) is 0 Å². The fourth-order valence-electron chi connectivity index (χ4n) is 1.67. The molecule has 2 aromatic rings. The van der Waals surface area contributed by atoms with E-state index in [-0.39, 0.29) is 11.9 Å². The summed E-state index contributed by atoms with van der Waals surface area (Å²) in [6, 6.07) is 11.9. The van der Waals surface area contributed by atoms with E-state index in [0.717, 1.165) is 0 Å². The highest BCUT2D eigenvalue weighted by atomic mass is 16.7. The number of aromatic nitrogens is 1. The Hall–Kier alpha value is -2.89. The topological polar surface area (TPSA) is 86.8 Å². The molecule has 0 saturated heterocycles. The van der Waals surface area contributed by atoms with Crippen LogP contribution in [0.5, 0.6) is 5.75 Å². The van der Waals surface area contributed by atoms with Crippen LogP contribution in [0, 0.1) is 0 Å². The molecule has 0 radical (unpaired) electrons. The number of rotatable bonds is 5. The maximum Gasteiger partial charge on any atom is 0.365 e. The monoisotopic (exact) mass is 299 g/mol. The second kappa shape index (κ2) is 7.21. The number of nitrogens with two attached hydrogens (primary N) is 1. The van der Waals surface area contributed by atoms with Crippen LogP contribution in [-0.2, 0) is 4.84 Å². The Morgan fingerprint density at radius 1 is 1.23 bits per heavy atom. The summed E-state index contributed by atoms with van der Waals surface area (Å²) in [6.45, 7) is 3.81. The quantitative estimate of drug-likeness (QED) is 0.396. The van der Waals surface area contributed by atoms with Crippen molar-refractivity contribution in [2.75, 3.05) is 0 Å². The minimum absolute atomic E-state index is 0.0177. The first-order valence-electron chi connectivity index (χ1n) is 6.79. The van der Waals surface area contributed by atoms with Crippen molar-refractivity contribution in [1.82, 2.24) is 4.98 Å². The van der Waals surface area contributed by atoms with E-state index in [1.54, 1.807) is 48.7 Å². The third-order valence-electron chi connectivity index (χ3n) is 2.60. The highest BCUT2D eigenvalue weighted by molar-refractivity contribution is 5.96. The summed E-state index contributed by atoms with van der Waals surface area (Å²) < 4.78 is 5.52. The first kappa shape index (κ1) is 15.5. The van der Waals surface area contributed by atoms with Crippen LogP contribution in [-0.4, -0.2) is 22.9 Å². The van der Waals surface area contributed by atoms with Gasteiger partial charge >= 0.3 is 5.97 Å². The van der Waals surface area contributed by atoms with E-state index in [9.17, 15) is 4.79 Å². The van der Waals surface area contributed by atoms with Crippen molar-refractivity contribution < 1.29 is 14.4 Å². The molecule has 2 rings (SSSR count). The van der Waals surface area contributed by atoms with E-state index in [4.69, 9.17) is 15.3 Å². The molecule has 0 aliphatic carbocycles. The Labute approximate surface area is 128 Å². The lowest BCUT2D eigenvalue weighted by Gasteiger charge is -2.09. The Kier molecular flexibility index (Phi) is 5.08. The van der Waals surface area contributed by atoms with Crippen molar-refractivity contribution >= 4 is 11.8 Å². The van der Waals surface area contributed by atoms with Crippen molar-refractivity contribution in [3.63, 3.8) is 0 Å². The van der Waals surface area contributed by atoms with E-state index < -0.39 is 5.97 Å². The molecule has 2 N–H and O–H groups in total. The van der Waals surface area contributed by atoms with Gasteiger partial charge in [-0.25, -0.2) is 4.79 Å². The predicted molar refractivity (Wildman–Crippen MR) is 82.6 cm³/mol. The fraction of sp³-hybridized carbons (Fsp3) is 0.188. The van der Waals surface area contributed by atoms with Crippen LogP contribution in [0.4, 0.5) is 0 Å². The molecule has 114 valence electrons. The van der Waals surface area contributed by atoms with Crippen LogP contribution in [0.3, 0.4) is 0 Å². The fourth-order valence-corrected chi connectivity index (χ4v) is 1.67. The molecule has 0 amide bonds. The van der Waals surface area contributed by atoms with Gasteiger partial charge in [0.1, 0.15) is 11.4 Å². The van der Waals surface area contributed by atoms with Gasteiger partial charge in [-0.3, -0.25) is 4.98 Å². The van der Waals surface area contributed by atoms with E-state index in [1.807, 2.05) is 13.8 Å². The first-order chi connectivity index (χ1) is 10.6. The number of pyridine rings is 1. The number of carbonyl (C=O) groups is 1. The molecule has 0 aliphatic rings. The van der Waals surface area contributed by atoms with Crippen molar-refractivity contribution in [3.8, 4) is 5.75 Å². The van der Waals surface area contributed by atoms with E-state index in [1.165, 1.54) is 0 Å². The number of amidine groups is 1. The van der Waals surface area contributed by atoms with Gasteiger partial charge in [-0.15, -0.1) is 0 Å². The summed E-state index contributed by atoms with van der Waals surface area (Å²) in [6.07, 6.45) is 1.59. The van der Waals surface area contributed by atoms with Crippen LogP contribution in [0.1, 0.15) is 29.9 Å². The van der Waals surface area contributed by atoms with Crippen LogP contribution >= 0.6 is 0 Å². The molecule has 6 nitrogen and oxygen atoms in total. The lowest BCUT2D eigenvalue weighted by Crippen LogP contribution is -2.16. The number of oxime groups is 1. The SMILES string of the molecule is CC(C)Oc1cccc(C(=O)O/N=C(/N)c2ccccn2)c1. The van der Waals surface area contributed by atoms with Crippen molar-refractivity contribution in [2.24, 2.45) is 10.9 Å². The van der Waals surface area contributed by atoms with Gasteiger partial charge in [0.15, 0.2) is 5.84 Å². The van der Waals surface area contributed by atoms with E-state index in [0.29, 0.717) is 17.0 Å². The molecule has 1 aromatic heterocycles. The molecule has 0 atom stereocenters. The van der Waals surface area contributed by atoms with Gasteiger partial charge in [0.05, 0.1) is 11.7 Å². The molecule has 0 aliphatic heterocycles. The average Bonchev–Trinajstić information content (AvgIpc) is 2.52. The number of ether oxygens (including phenoxy) is 1. The average molecular weight is 299 g/mol. The Balaban J connectivity index is 2.06. The summed E-state index contributed by atoms with van der Waals surface area (Å²) in [5.41, 5.74) is 6.47. The molecular weight excluding hydrogens is 282 g/mol. The Morgan fingerprint density at radius 3 is 2.73 bits per heavy atom. The van der Waals surface area contributed by atoms with Gasteiger partial charge in [-0.1, -0.05) is 17.3 Å². The Bertz CT molecular complexity index is 669. The minimum atomic E-state index is -0.618. The summed E-state index contributed by atoms with van der Waals surface area (Å²) in [7, 11) is 0. The standard InChI is InChI=1S/C16H17N3O3/c1-11(2)21-13-7-5-6-12(10-13)16(20)22-19-15(17)14-8-3-4-9-18-14/h3-11H,1-2H3,(H2,17,19). The molecule has 0 bridgehead atoms. The van der Waals surface area contributed by atoms with E-state index in [2.05, 4.69) is 10.1 Å². The first-order valence-corrected chi connectivity index (χ1v) is 6.79. The zero-order valence-corrected chi connectivity index (χ0v) is 12.4. The second-order valence-electron chi connectivity index (χ2n) is 4.76. The van der Waals surface area contributed by atoms with Crippen LogP contribution in [0.2, 0.25) is 0 Å². The molecule has 1 heterocycles. The van der Waals surface area contributed by atoms with Crippen molar-refractivity contribution in [2.45, 2.75) is 20.0 Å². The lowest BCUT2D eigenvalue weighted by molar-refractivity contribution is 0.0515. The predicted octanol–water partition coefficient (Wildman–Crippen LogP) is 2.35. The molecule has 1 aromatic carbocycles. The maximum absolute atomic E-state index is 12.0. The van der Waals surface area contributed by atoms with Crippen molar-refractivity contribution in [3.05, 3.63) is 59.9 Å². The number of nitrogens with zero attached hydrogens (tertiary/aromatic N) is 2. The van der Waals surface area contributed by atoms with Gasteiger partial charge in [0.2, 0.25) is 0 Å². The third-order valence-corrected chi connectivity index (χ3v) is 2.60. The molecule has 0 fully saturated rings. The van der Waals surface area contributed by atoms with Gasteiger partial charge < -0.3 is 15.3 Å². The number of hydrogen-bond acceptors (Lipinski definition) is 5.